The van der Waals surface area contributed by atoms with E-state index in [0.717, 1.165) is 18.7 Å². The minimum Gasteiger partial charge on any atom is -0.470 e. The lowest BCUT2D eigenvalue weighted by Gasteiger charge is -2.07. The van der Waals surface area contributed by atoms with Crippen molar-refractivity contribution < 1.29 is 9.53 Å². The monoisotopic (exact) mass is 373 g/mol. The van der Waals surface area contributed by atoms with E-state index < -0.39 is 0 Å². The van der Waals surface area contributed by atoms with Gasteiger partial charge in [0.1, 0.15) is 11.4 Å². The van der Waals surface area contributed by atoms with Crippen molar-refractivity contribution in [2.75, 3.05) is 6.54 Å². The molecule has 26 heavy (non-hydrogen) atoms. The lowest BCUT2D eigenvalue weighted by molar-refractivity contribution is 0.0945. The highest BCUT2D eigenvalue weighted by Crippen LogP contribution is 2.23. The fourth-order valence-corrected chi connectivity index (χ4v) is 2.60. The van der Waals surface area contributed by atoms with Crippen molar-refractivity contribution in [1.29, 1.82) is 0 Å². The van der Waals surface area contributed by atoms with Gasteiger partial charge >= 0.3 is 0 Å². The first-order valence-electron chi connectivity index (χ1n) is 8.31. The average molecular weight is 374 g/mol. The second-order valence-electron chi connectivity index (χ2n) is 5.75. The van der Waals surface area contributed by atoms with E-state index in [1.165, 1.54) is 0 Å². The van der Waals surface area contributed by atoms with Crippen LogP contribution in [0.5, 0.6) is 5.75 Å². The van der Waals surface area contributed by atoms with Crippen LogP contribution in [-0.2, 0) is 13.3 Å². The smallest absolute Gasteiger partial charge is 0.271 e. The molecule has 136 valence electrons. The number of aryl methyl sites for hydroxylation is 2. The molecule has 0 aliphatic heterocycles. The Hall–Kier alpha value is -2.80. The molecule has 0 unspecified atom stereocenters. The summed E-state index contributed by atoms with van der Waals surface area (Å²) in [7, 11) is 0. The predicted molar refractivity (Wildman–Crippen MR) is 98.2 cm³/mol. The van der Waals surface area contributed by atoms with Gasteiger partial charge in [0.15, 0.2) is 6.73 Å². The number of benzene rings is 1. The Morgan fingerprint density at radius 1 is 1.27 bits per heavy atom. The van der Waals surface area contributed by atoms with Crippen LogP contribution >= 0.6 is 11.6 Å². The van der Waals surface area contributed by atoms with Gasteiger partial charge in [0.25, 0.3) is 5.91 Å². The van der Waals surface area contributed by atoms with Crippen LogP contribution in [0.3, 0.4) is 0 Å². The van der Waals surface area contributed by atoms with Crippen LogP contribution in [0.25, 0.3) is 0 Å². The highest BCUT2D eigenvalue weighted by atomic mass is 35.5. The number of nitrogens with zero attached hydrogens (tertiary/aromatic N) is 4. The molecule has 0 aliphatic carbocycles. The molecule has 8 heteroatoms. The van der Waals surface area contributed by atoms with Crippen LogP contribution in [0.4, 0.5) is 0 Å². The minimum absolute atomic E-state index is 0.176. The fourth-order valence-electron chi connectivity index (χ4n) is 2.41. The fraction of sp³-hybridized carbons (Fsp3) is 0.278. The maximum absolute atomic E-state index is 12.1. The number of para-hydroxylation sites is 1. The van der Waals surface area contributed by atoms with E-state index >= 15 is 0 Å². The van der Waals surface area contributed by atoms with Crippen molar-refractivity contribution in [2.24, 2.45) is 0 Å². The average Bonchev–Trinajstić information content (AvgIpc) is 3.27. The molecule has 2 aromatic heterocycles. The van der Waals surface area contributed by atoms with Gasteiger partial charge in [-0.2, -0.15) is 10.2 Å². The topological polar surface area (TPSA) is 74.0 Å². The van der Waals surface area contributed by atoms with Crippen molar-refractivity contribution in [3.8, 4) is 5.75 Å². The summed E-state index contributed by atoms with van der Waals surface area (Å²) in [5.74, 6) is 0.364. The first kappa shape index (κ1) is 18.0. The number of carbonyl (C=O) groups is 1. The van der Waals surface area contributed by atoms with Gasteiger partial charge in [0, 0.05) is 31.2 Å². The largest absolute Gasteiger partial charge is 0.470 e. The molecule has 1 N–H and O–H groups in total. The molecule has 0 saturated heterocycles. The summed E-state index contributed by atoms with van der Waals surface area (Å²) < 4.78 is 9.05. The molecule has 0 spiro atoms. The Morgan fingerprint density at radius 3 is 2.88 bits per heavy atom. The van der Waals surface area contributed by atoms with Gasteiger partial charge in [-0.3, -0.25) is 9.48 Å². The van der Waals surface area contributed by atoms with E-state index in [9.17, 15) is 4.79 Å². The minimum atomic E-state index is -0.210. The van der Waals surface area contributed by atoms with E-state index in [1.54, 1.807) is 35.3 Å². The molecule has 3 rings (SSSR count). The molecule has 1 aromatic carbocycles. The third-order valence-electron chi connectivity index (χ3n) is 3.82. The summed E-state index contributed by atoms with van der Waals surface area (Å²) >= 11 is 6.04. The molecule has 1 amide bonds. The number of hydrogen-bond donors (Lipinski definition) is 1. The molecule has 0 bridgehead atoms. The second kappa shape index (κ2) is 8.53. The van der Waals surface area contributed by atoms with Crippen LogP contribution in [0.2, 0.25) is 5.02 Å². The van der Waals surface area contributed by atoms with Crippen LogP contribution < -0.4 is 10.1 Å². The molecular formula is C18H20ClN5O2. The van der Waals surface area contributed by atoms with Gasteiger partial charge in [0.2, 0.25) is 0 Å². The first-order chi connectivity index (χ1) is 12.6. The Kier molecular flexibility index (Phi) is 5.91. The molecule has 3 aromatic rings. The molecular weight excluding hydrogens is 354 g/mol. The summed E-state index contributed by atoms with van der Waals surface area (Å²) in [5.41, 5.74) is 1.46. The van der Waals surface area contributed by atoms with E-state index in [-0.39, 0.29) is 12.6 Å². The highest BCUT2D eigenvalue weighted by Gasteiger charge is 2.09. The van der Waals surface area contributed by atoms with E-state index in [4.69, 9.17) is 16.3 Å². The predicted octanol–water partition coefficient (Wildman–Crippen LogP) is 2.90. The standard InChI is InChI=1S/C18H20ClN5O2/c1-14-7-10-21-24(14)11-4-9-20-18(25)16-8-12-23(22-16)13-26-17-6-3-2-5-15(17)19/h2-3,5-8,10,12H,4,9,11,13H2,1H3,(H,20,25). The number of aromatic nitrogens is 4. The molecule has 0 atom stereocenters. The molecule has 0 fully saturated rings. The summed E-state index contributed by atoms with van der Waals surface area (Å²) in [5, 5.41) is 11.8. The number of rotatable bonds is 8. The third kappa shape index (κ3) is 4.64. The summed E-state index contributed by atoms with van der Waals surface area (Å²) in [6, 6.07) is 10.8. The highest BCUT2D eigenvalue weighted by molar-refractivity contribution is 6.32. The number of nitrogens with one attached hydrogen (secondary N) is 1. The lowest BCUT2D eigenvalue weighted by atomic mass is 10.3. The normalized spacial score (nSPS) is 10.7. The van der Waals surface area contributed by atoms with Crippen molar-refractivity contribution in [3.05, 3.63) is 65.2 Å². The zero-order valence-corrected chi connectivity index (χ0v) is 15.2. The van der Waals surface area contributed by atoms with Gasteiger partial charge < -0.3 is 10.1 Å². The van der Waals surface area contributed by atoms with Crippen LogP contribution in [0, 0.1) is 6.92 Å². The van der Waals surface area contributed by atoms with Crippen molar-refractivity contribution in [1.82, 2.24) is 24.9 Å². The first-order valence-corrected chi connectivity index (χ1v) is 8.68. The Morgan fingerprint density at radius 2 is 2.12 bits per heavy atom. The molecule has 0 radical (unpaired) electrons. The van der Waals surface area contributed by atoms with Crippen molar-refractivity contribution in [3.63, 3.8) is 0 Å². The van der Waals surface area contributed by atoms with Crippen molar-refractivity contribution in [2.45, 2.75) is 26.6 Å². The Labute approximate surface area is 156 Å². The van der Waals surface area contributed by atoms with Gasteiger partial charge in [0.05, 0.1) is 5.02 Å². The Bertz CT molecular complexity index is 874. The van der Waals surface area contributed by atoms with E-state index in [0.29, 0.717) is 23.0 Å². The van der Waals surface area contributed by atoms with Gasteiger partial charge in [-0.1, -0.05) is 23.7 Å². The zero-order chi connectivity index (χ0) is 18.4. The van der Waals surface area contributed by atoms with Gasteiger partial charge in [-0.15, -0.1) is 0 Å². The van der Waals surface area contributed by atoms with E-state index in [2.05, 4.69) is 15.5 Å². The SMILES string of the molecule is Cc1ccnn1CCCNC(=O)c1ccn(COc2ccccc2Cl)n1. The van der Waals surface area contributed by atoms with Crippen LogP contribution in [0.1, 0.15) is 22.6 Å². The molecule has 0 saturated carbocycles. The second-order valence-corrected chi connectivity index (χ2v) is 6.16. The van der Waals surface area contributed by atoms with Crippen molar-refractivity contribution >= 4 is 17.5 Å². The zero-order valence-electron chi connectivity index (χ0n) is 14.4. The van der Waals surface area contributed by atoms with Crippen LogP contribution in [0.15, 0.2) is 48.8 Å². The molecule has 0 aliphatic rings. The Balaban J connectivity index is 1.44. The summed E-state index contributed by atoms with van der Waals surface area (Å²) in [4.78, 5) is 12.1. The number of hydrogen-bond acceptors (Lipinski definition) is 4. The third-order valence-corrected chi connectivity index (χ3v) is 4.14. The maximum atomic E-state index is 12.1. The summed E-state index contributed by atoms with van der Waals surface area (Å²) in [6.45, 7) is 3.50. The number of halogens is 1. The molecule has 2 heterocycles. The van der Waals surface area contributed by atoms with Gasteiger partial charge in [-0.25, -0.2) is 4.68 Å². The lowest BCUT2D eigenvalue weighted by Crippen LogP contribution is -2.26. The maximum Gasteiger partial charge on any atom is 0.271 e. The summed E-state index contributed by atoms with van der Waals surface area (Å²) in [6.07, 6.45) is 4.26. The van der Waals surface area contributed by atoms with E-state index in [1.807, 2.05) is 29.8 Å². The number of amides is 1. The van der Waals surface area contributed by atoms with Gasteiger partial charge in [-0.05, 0) is 37.6 Å². The number of ether oxygens (including phenoxy) is 1. The molecule has 7 nitrogen and oxygen atoms in total. The van der Waals surface area contributed by atoms with Crippen LogP contribution in [-0.4, -0.2) is 32.0 Å². The quantitative estimate of drug-likeness (QED) is 0.616. The number of carbonyl (C=O) groups excluding carboxylic acids is 1.